The standard InChI is InChI=1S/C9H11Cl2NO3S/c10-5-7(13)6-12-8-3-1-2-4-9(8)16(11,14)15/h1-4,7,12-13H,5-6H2. The minimum absolute atomic E-state index is 0.0153. The second kappa shape index (κ2) is 5.72. The lowest BCUT2D eigenvalue weighted by molar-refractivity contribution is 0.211. The van der Waals surface area contributed by atoms with Gasteiger partial charge < -0.3 is 10.4 Å². The molecule has 0 bridgehead atoms. The molecule has 2 N–H and O–H groups in total. The van der Waals surface area contributed by atoms with Crippen molar-refractivity contribution in [1.82, 2.24) is 0 Å². The van der Waals surface area contributed by atoms with Crippen molar-refractivity contribution in [2.24, 2.45) is 0 Å². The van der Waals surface area contributed by atoms with Gasteiger partial charge in [0.1, 0.15) is 4.90 Å². The van der Waals surface area contributed by atoms with Gasteiger partial charge in [0.05, 0.1) is 17.7 Å². The summed E-state index contributed by atoms with van der Waals surface area (Å²) in [7, 11) is 1.46. The van der Waals surface area contributed by atoms with E-state index >= 15 is 0 Å². The van der Waals surface area contributed by atoms with Crippen LogP contribution in [0.5, 0.6) is 0 Å². The average molecular weight is 284 g/mol. The number of alkyl halides is 1. The summed E-state index contributed by atoms with van der Waals surface area (Å²) in [6.45, 7) is 0.160. The number of halogens is 2. The molecule has 0 aliphatic heterocycles. The van der Waals surface area contributed by atoms with Crippen molar-refractivity contribution in [1.29, 1.82) is 0 Å². The molecule has 0 aliphatic carbocycles. The Morgan fingerprint density at radius 3 is 2.56 bits per heavy atom. The number of anilines is 1. The molecule has 0 heterocycles. The fraction of sp³-hybridized carbons (Fsp3) is 0.333. The number of para-hydroxylation sites is 1. The highest BCUT2D eigenvalue weighted by Gasteiger charge is 2.15. The second-order valence-electron chi connectivity index (χ2n) is 3.12. The molecule has 1 aromatic rings. The lowest BCUT2D eigenvalue weighted by atomic mass is 10.3. The summed E-state index contributed by atoms with van der Waals surface area (Å²) in [6, 6.07) is 6.19. The maximum absolute atomic E-state index is 11.2. The first-order valence-electron chi connectivity index (χ1n) is 4.46. The zero-order valence-corrected chi connectivity index (χ0v) is 10.6. The molecule has 0 amide bonds. The van der Waals surface area contributed by atoms with Crippen LogP contribution < -0.4 is 5.32 Å². The quantitative estimate of drug-likeness (QED) is 0.637. The first kappa shape index (κ1) is 13.6. The molecule has 1 rings (SSSR count). The number of hydrogen-bond donors (Lipinski definition) is 2. The Morgan fingerprint density at radius 1 is 1.38 bits per heavy atom. The molecule has 0 radical (unpaired) electrons. The van der Waals surface area contributed by atoms with E-state index < -0.39 is 15.2 Å². The van der Waals surface area contributed by atoms with Gasteiger partial charge in [-0.25, -0.2) is 8.42 Å². The number of benzene rings is 1. The highest BCUT2D eigenvalue weighted by atomic mass is 35.7. The number of nitrogens with one attached hydrogen (secondary N) is 1. The van der Waals surface area contributed by atoms with Gasteiger partial charge in [-0.2, -0.15) is 0 Å². The topological polar surface area (TPSA) is 66.4 Å². The molecule has 0 saturated heterocycles. The van der Waals surface area contributed by atoms with Crippen molar-refractivity contribution >= 4 is 37.0 Å². The maximum Gasteiger partial charge on any atom is 0.263 e. The van der Waals surface area contributed by atoms with Crippen LogP contribution in [0.2, 0.25) is 0 Å². The third-order valence-electron chi connectivity index (χ3n) is 1.86. The smallest absolute Gasteiger partial charge is 0.263 e. The fourth-order valence-corrected chi connectivity index (χ4v) is 2.26. The van der Waals surface area contributed by atoms with Gasteiger partial charge in [-0.05, 0) is 12.1 Å². The summed E-state index contributed by atoms with van der Waals surface area (Å²) in [6.07, 6.45) is -0.743. The zero-order valence-electron chi connectivity index (χ0n) is 8.23. The van der Waals surface area contributed by atoms with Crippen molar-refractivity contribution in [3.63, 3.8) is 0 Å². The normalized spacial score (nSPS) is 13.4. The van der Waals surface area contributed by atoms with Crippen LogP contribution in [0.4, 0.5) is 5.69 Å². The number of aliphatic hydroxyl groups excluding tert-OH is 1. The Morgan fingerprint density at radius 2 is 2.00 bits per heavy atom. The minimum atomic E-state index is -3.79. The van der Waals surface area contributed by atoms with Crippen molar-refractivity contribution < 1.29 is 13.5 Å². The van der Waals surface area contributed by atoms with Crippen molar-refractivity contribution in [2.75, 3.05) is 17.7 Å². The van der Waals surface area contributed by atoms with Gasteiger partial charge >= 0.3 is 0 Å². The van der Waals surface area contributed by atoms with Gasteiger partial charge in [0.2, 0.25) is 0 Å². The van der Waals surface area contributed by atoms with E-state index in [4.69, 9.17) is 22.3 Å². The van der Waals surface area contributed by atoms with Gasteiger partial charge in [0.25, 0.3) is 9.05 Å². The summed E-state index contributed by atoms with van der Waals surface area (Å²) in [4.78, 5) is -0.0153. The van der Waals surface area contributed by atoms with Crippen LogP contribution in [-0.2, 0) is 9.05 Å². The van der Waals surface area contributed by atoms with Gasteiger partial charge in [-0.1, -0.05) is 12.1 Å². The molecule has 0 aromatic heterocycles. The van der Waals surface area contributed by atoms with Gasteiger partial charge in [-0.3, -0.25) is 0 Å². The highest BCUT2D eigenvalue weighted by molar-refractivity contribution is 8.13. The zero-order chi connectivity index (χ0) is 12.2. The molecular weight excluding hydrogens is 273 g/mol. The molecule has 7 heteroatoms. The lowest BCUT2D eigenvalue weighted by Crippen LogP contribution is -2.21. The van der Waals surface area contributed by atoms with E-state index in [0.29, 0.717) is 5.69 Å². The number of aliphatic hydroxyl groups is 1. The predicted molar refractivity (Wildman–Crippen MR) is 64.7 cm³/mol. The summed E-state index contributed by atoms with van der Waals surface area (Å²) in [5.74, 6) is 0.0722. The van der Waals surface area contributed by atoms with Crippen LogP contribution in [0.1, 0.15) is 0 Å². The van der Waals surface area contributed by atoms with Crippen molar-refractivity contribution in [2.45, 2.75) is 11.0 Å². The maximum atomic E-state index is 11.2. The number of hydrogen-bond acceptors (Lipinski definition) is 4. The Bertz CT molecular complexity index is 450. The largest absolute Gasteiger partial charge is 0.390 e. The SMILES string of the molecule is O=S(=O)(Cl)c1ccccc1NCC(O)CCl. The summed E-state index contributed by atoms with van der Waals surface area (Å²) in [5.41, 5.74) is 0.349. The van der Waals surface area contributed by atoms with Crippen LogP contribution in [-0.4, -0.2) is 32.1 Å². The Balaban J connectivity index is 2.88. The molecule has 0 saturated carbocycles. The van der Waals surface area contributed by atoms with E-state index in [1.54, 1.807) is 18.2 Å². The molecule has 90 valence electrons. The second-order valence-corrected chi connectivity index (χ2v) is 5.97. The average Bonchev–Trinajstić information content (AvgIpc) is 2.25. The molecular formula is C9H11Cl2NO3S. The van der Waals surface area contributed by atoms with E-state index in [-0.39, 0.29) is 17.3 Å². The molecule has 0 aliphatic rings. The van der Waals surface area contributed by atoms with E-state index in [1.165, 1.54) is 6.07 Å². The molecule has 4 nitrogen and oxygen atoms in total. The summed E-state index contributed by atoms with van der Waals surface area (Å²) < 4.78 is 22.4. The Labute approximate surface area is 104 Å². The third-order valence-corrected chi connectivity index (χ3v) is 3.59. The lowest BCUT2D eigenvalue weighted by Gasteiger charge is -2.12. The van der Waals surface area contributed by atoms with E-state index in [2.05, 4.69) is 5.32 Å². The molecule has 16 heavy (non-hydrogen) atoms. The van der Waals surface area contributed by atoms with Crippen LogP contribution in [0.25, 0.3) is 0 Å². The van der Waals surface area contributed by atoms with Crippen LogP contribution in [0, 0.1) is 0 Å². The minimum Gasteiger partial charge on any atom is -0.390 e. The van der Waals surface area contributed by atoms with Crippen LogP contribution >= 0.6 is 22.3 Å². The molecule has 0 fully saturated rings. The fourth-order valence-electron chi connectivity index (χ4n) is 1.11. The first-order chi connectivity index (χ1) is 7.45. The van der Waals surface area contributed by atoms with Gasteiger partial charge in [-0.15, -0.1) is 11.6 Å². The van der Waals surface area contributed by atoms with Crippen LogP contribution in [0.3, 0.4) is 0 Å². The van der Waals surface area contributed by atoms with E-state index in [9.17, 15) is 13.5 Å². The first-order valence-corrected chi connectivity index (χ1v) is 7.31. The van der Waals surface area contributed by atoms with Crippen molar-refractivity contribution in [3.8, 4) is 0 Å². The van der Waals surface area contributed by atoms with E-state index in [0.717, 1.165) is 0 Å². The van der Waals surface area contributed by atoms with E-state index in [1.807, 2.05) is 0 Å². The molecule has 1 aromatic carbocycles. The van der Waals surface area contributed by atoms with Crippen molar-refractivity contribution in [3.05, 3.63) is 24.3 Å². The highest BCUT2D eigenvalue weighted by Crippen LogP contribution is 2.24. The van der Waals surface area contributed by atoms with Gasteiger partial charge in [0.15, 0.2) is 0 Å². The van der Waals surface area contributed by atoms with Gasteiger partial charge in [0, 0.05) is 17.2 Å². The summed E-state index contributed by atoms with van der Waals surface area (Å²) >= 11 is 5.41. The Hall–Kier alpha value is -0.490. The number of rotatable bonds is 5. The summed E-state index contributed by atoms with van der Waals surface area (Å²) in [5, 5.41) is 12.0. The monoisotopic (exact) mass is 283 g/mol. The Kier molecular flexibility index (Phi) is 4.86. The predicted octanol–water partition coefficient (Wildman–Crippen LogP) is 1.63. The van der Waals surface area contributed by atoms with Crippen LogP contribution in [0.15, 0.2) is 29.2 Å². The third kappa shape index (κ3) is 3.83. The molecule has 1 atom stereocenters. The molecule has 1 unspecified atom stereocenters. The molecule has 0 spiro atoms.